The molecule has 746 valence electrons. The number of hydrogen-bond acceptors (Lipinski definition) is 25. The second kappa shape index (κ2) is 53.5. The zero-order valence-electron chi connectivity index (χ0n) is 78.4. The Morgan fingerprint density at radius 3 is 1.34 bits per heavy atom. The molecule has 5 aliphatic rings. The fourth-order valence-electron chi connectivity index (χ4n) is 16.3. The number of carbonyl (C=O) groups excluding carboxylic acids is 19. The highest BCUT2D eigenvalue weighted by Gasteiger charge is 2.48. The number of nitrogens with one attached hydrogen (secondary N) is 15. The second-order valence-corrected chi connectivity index (χ2v) is 38.4. The van der Waals surface area contributed by atoms with Crippen molar-refractivity contribution in [3.8, 4) is 5.75 Å². The van der Waals surface area contributed by atoms with E-state index in [2.05, 4.69) is 79.8 Å². The molecule has 0 saturated carbocycles. The van der Waals surface area contributed by atoms with Gasteiger partial charge in [0, 0.05) is 50.4 Å². The van der Waals surface area contributed by atoms with Gasteiger partial charge in [-0.3, -0.25) is 95.9 Å². The summed E-state index contributed by atoms with van der Waals surface area (Å²) in [6, 6.07) is -13.1. The number of nitrogens with two attached hydrogens (primary N) is 2. The van der Waals surface area contributed by atoms with Crippen LogP contribution in [0, 0.1) is 29.6 Å². The smallest absolute Gasteiger partial charge is 0.305 e. The Hall–Kier alpha value is -11.7. The molecule has 19 amide bonds. The second-order valence-electron chi connectivity index (χ2n) is 35.8. The number of fused-ring (bicyclic) bond motifs is 8. The van der Waals surface area contributed by atoms with Crippen LogP contribution >= 0.6 is 21.6 Å². The van der Waals surface area contributed by atoms with Gasteiger partial charge in [-0.15, -0.1) is 0 Å². The number of phenols is 1. The van der Waals surface area contributed by atoms with E-state index in [1.807, 2.05) is 0 Å². The monoisotopic (exact) mass is 1930 g/mol. The zero-order chi connectivity index (χ0) is 99.8. The summed E-state index contributed by atoms with van der Waals surface area (Å²) in [6.45, 7) is 15.6. The SMILES string of the molecule is CC[C@H](C)[C@@H]1NC(=O)[C@H](CCC(N)=O)NC(=O)[C@H](C(C)C)NC(=O)CNC(=O)[C@H](CC(=O)O)NC(=O)[C@@H]2CCCN2C(=O)[C@H](C(C)C)NC(=O)[C@H](C)NC(=O)[C@H](Cc2ccccc2)NC(=O)[C@@H]2CSSC[C@H](NC1=O)C(=O)N[C@@H](Cc1ccc(O)cc1)C(=O)N[C@@H](CCCCN)C(=O)N[C@@H](CO)C(=O)N[C@@H]([C@@H](C)CC)C(=O)N1CCC[C@H]1C(=O)N1CCC[C@H]1C(=O)N[C@@H]([C@@H](C)CC)C(=O)N2. The molecular formula is C90H136N20O23S2. The molecular weight excluding hydrogens is 1790 g/mol. The number of phenolic OH excluding ortho intramolecular Hbond substituents is 1. The summed E-state index contributed by atoms with van der Waals surface area (Å²) in [5.41, 5.74) is 12.3. The maximum atomic E-state index is 15.8. The number of rotatable bonds is 22. The van der Waals surface area contributed by atoms with Crippen LogP contribution in [-0.4, -0.2) is 302 Å². The number of hydrogen-bond donors (Lipinski definition) is 20. The van der Waals surface area contributed by atoms with Gasteiger partial charge >= 0.3 is 5.97 Å². The molecule has 2 bridgehead atoms. The van der Waals surface area contributed by atoms with Gasteiger partial charge in [-0.2, -0.15) is 0 Å². The molecule has 2 aromatic rings. The van der Waals surface area contributed by atoms with Crippen LogP contribution in [0.25, 0.3) is 0 Å². The summed E-state index contributed by atoms with van der Waals surface area (Å²) < 4.78 is 0. The van der Waals surface area contributed by atoms with E-state index in [0.717, 1.165) is 26.5 Å². The molecule has 20 atom stereocenters. The third-order valence-electron chi connectivity index (χ3n) is 25.0. The van der Waals surface area contributed by atoms with Crippen molar-refractivity contribution in [2.45, 2.75) is 288 Å². The molecule has 2 aromatic carbocycles. The number of primary amides is 1. The first-order chi connectivity index (χ1) is 64.0. The lowest BCUT2D eigenvalue weighted by Crippen LogP contribution is -2.62. The highest BCUT2D eigenvalue weighted by molar-refractivity contribution is 8.76. The molecule has 5 heterocycles. The third kappa shape index (κ3) is 32.2. The number of aromatic hydroxyl groups is 1. The van der Waals surface area contributed by atoms with Crippen molar-refractivity contribution in [1.29, 1.82) is 0 Å². The normalized spacial score (nSPS) is 28.1. The minimum Gasteiger partial charge on any atom is -0.508 e. The summed E-state index contributed by atoms with van der Waals surface area (Å²) in [4.78, 5) is 297. The van der Waals surface area contributed by atoms with Gasteiger partial charge in [0.15, 0.2) is 0 Å². The molecule has 0 unspecified atom stereocenters. The van der Waals surface area contributed by atoms with Crippen LogP contribution in [0.5, 0.6) is 5.75 Å². The summed E-state index contributed by atoms with van der Waals surface area (Å²) >= 11 is 0. The van der Waals surface area contributed by atoms with Gasteiger partial charge in [0.2, 0.25) is 112 Å². The summed E-state index contributed by atoms with van der Waals surface area (Å²) in [6.07, 6.45) is -0.880. The third-order valence-corrected chi connectivity index (χ3v) is 27.4. The lowest BCUT2D eigenvalue weighted by Gasteiger charge is -2.35. The van der Waals surface area contributed by atoms with E-state index >= 15 is 43.2 Å². The average molecular weight is 1930 g/mol. The number of unbranched alkanes of at least 4 members (excludes halogenated alkanes) is 1. The average Bonchev–Trinajstić information content (AvgIpc) is 1.65. The maximum absolute atomic E-state index is 15.8. The van der Waals surface area contributed by atoms with Gasteiger partial charge in [0.05, 0.1) is 19.6 Å². The Kier molecular flexibility index (Phi) is 43.7. The Morgan fingerprint density at radius 1 is 0.422 bits per heavy atom. The van der Waals surface area contributed by atoms with E-state index in [-0.39, 0.29) is 96.1 Å². The van der Waals surface area contributed by atoms with Crippen molar-refractivity contribution in [3.05, 3.63) is 65.7 Å². The molecule has 0 radical (unpaired) electrons. The highest BCUT2D eigenvalue weighted by Crippen LogP contribution is 2.30. The summed E-state index contributed by atoms with van der Waals surface area (Å²) in [5.74, 6) is -25.1. The number of nitrogens with zero attached hydrogens (tertiary/aromatic N) is 3. The van der Waals surface area contributed by atoms with E-state index in [1.54, 1.807) is 85.7 Å². The molecule has 0 aromatic heterocycles. The van der Waals surface area contributed by atoms with Crippen molar-refractivity contribution in [1.82, 2.24) is 94.5 Å². The van der Waals surface area contributed by atoms with Crippen molar-refractivity contribution in [2.75, 3.05) is 50.8 Å². The zero-order valence-corrected chi connectivity index (χ0v) is 80.0. The standard InChI is InChI=1S/C90H136N20O23S2/c1-12-48(8)71-86(129)101-62-45-135-134-44-61(81(124)97-57(39-52-23-16-15-17-24-52)78(121)94-51(11)74(117)104-70(47(6)7)89(132)109-37-21-26-63(109)83(126)99-59(41-68(115)116)75(118)93-42-67(114)103-69(46(4)5)85(128)96-56(77(120)105-71)33-34-66(92)113)102-87(130)72(49(9)13-2)106-84(127)64-27-20-36-108(64)88(131)65-28-22-38-110(65)90(133)73(50(10)14-3)107-80(123)60(43-111)100-76(119)55(25-18-19-35-91)95-79(122)58(98-82(62)125)40-53-29-31-54(112)32-30-53/h15-17,23-24,29-32,46-51,55-65,69-73,111-112H,12-14,18-22,25-28,33-45,91H2,1-11H3,(H2,92,113)(H,93,118)(H,94,121)(H,95,122)(H,96,128)(H,97,124)(H,98,125)(H,99,126)(H,100,119)(H,101,129)(H,102,130)(H,103,114)(H,104,117)(H,105,120)(H,106,127)(H,107,123)(H,115,116)/t48-,49-,50-,51-,55-,56-,57-,58-,59-,60-,61-,62-,63-,64-,65-,69-,70-,71-,72-,73-/m0/s1. The molecule has 0 aliphatic carbocycles. The number of aliphatic carboxylic acids is 1. The van der Waals surface area contributed by atoms with Crippen molar-refractivity contribution >= 4 is 140 Å². The molecule has 5 saturated heterocycles. The molecule has 5 aliphatic heterocycles. The maximum Gasteiger partial charge on any atom is 0.305 e. The van der Waals surface area contributed by atoms with Crippen LogP contribution in [0.15, 0.2) is 54.6 Å². The molecule has 135 heavy (non-hydrogen) atoms. The van der Waals surface area contributed by atoms with Crippen LogP contribution in [0.1, 0.15) is 184 Å². The van der Waals surface area contributed by atoms with Crippen LogP contribution in [0.3, 0.4) is 0 Å². The largest absolute Gasteiger partial charge is 0.508 e. The predicted octanol–water partition coefficient (Wildman–Crippen LogP) is -3.21. The highest BCUT2D eigenvalue weighted by atomic mass is 33.1. The van der Waals surface area contributed by atoms with Crippen LogP contribution in [-0.2, 0) is 109 Å². The Labute approximate surface area is 792 Å². The molecule has 45 heteroatoms. The lowest BCUT2D eigenvalue weighted by atomic mass is 9.96. The molecule has 22 N–H and O–H groups in total. The topological polar surface area (TPSA) is 644 Å². The first-order valence-electron chi connectivity index (χ1n) is 46.4. The van der Waals surface area contributed by atoms with Gasteiger partial charge in [-0.1, -0.05) is 153 Å². The van der Waals surface area contributed by atoms with E-state index in [9.17, 15) is 68.1 Å². The summed E-state index contributed by atoms with van der Waals surface area (Å²) in [5, 5.41) is 70.6. The number of aliphatic hydroxyl groups is 1. The van der Waals surface area contributed by atoms with Crippen LogP contribution in [0.4, 0.5) is 0 Å². The number of benzene rings is 2. The molecule has 5 fully saturated rings. The first kappa shape index (κ1) is 110. The van der Waals surface area contributed by atoms with Crippen molar-refractivity contribution in [2.24, 2.45) is 41.1 Å². The number of amides is 19. The minimum atomic E-state index is -1.88. The van der Waals surface area contributed by atoms with E-state index in [0.29, 0.717) is 30.4 Å². The fourth-order valence-corrected chi connectivity index (χ4v) is 18.6. The van der Waals surface area contributed by atoms with Crippen molar-refractivity contribution < 1.29 is 111 Å². The predicted molar refractivity (Wildman–Crippen MR) is 496 cm³/mol. The van der Waals surface area contributed by atoms with Crippen molar-refractivity contribution in [3.63, 3.8) is 0 Å². The van der Waals surface area contributed by atoms with E-state index < -0.39 is 301 Å². The quantitative estimate of drug-likeness (QED) is 0.0408. The van der Waals surface area contributed by atoms with E-state index in [4.69, 9.17) is 11.5 Å². The van der Waals surface area contributed by atoms with Crippen LogP contribution in [0.2, 0.25) is 0 Å². The Bertz CT molecular complexity index is 4540. The van der Waals surface area contributed by atoms with Gasteiger partial charge in [-0.25, -0.2) is 0 Å². The molecule has 7 rings (SSSR count). The Balaban J connectivity index is 1.41. The first-order valence-corrected chi connectivity index (χ1v) is 48.8. The number of aliphatic hydroxyl groups excluding tert-OH is 1. The number of carbonyl (C=O) groups is 20. The molecule has 0 spiro atoms. The van der Waals surface area contributed by atoms with Gasteiger partial charge in [0.1, 0.15) is 108 Å². The molecule has 43 nitrogen and oxygen atoms in total. The van der Waals surface area contributed by atoms with Crippen LogP contribution < -0.4 is 91.2 Å². The lowest BCUT2D eigenvalue weighted by molar-refractivity contribution is -0.149. The van der Waals surface area contributed by atoms with Gasteiger partial charge in [0.25, 0.3) is 0 Å². The summed E-state index contributed by atoms with van der Waals surface area (Å²) in [7, 11) is 1.61. The van der Waals surface area contributed by atoms with E-state index in [1.165, 1.54) is 54.8 Å². The number of carboxylic acid groups (broad SMARTS) is 1. The van der Waals surface area contributed by atoms with Gasteiger partial charge in [-0.05, 0) is 131 Å². The Morgan fingerprint density at radius 2 is 0.830 bits per heavy atom. The fraction of sp³-hybridized carbons (Fsp3) is 0.644. The minimum absolute atomic E-state index is 0.00200. The number of carboxylic acids is 1. The van der Waals surface area contributed by atoms with Gasteiger partial charge < -0.3 is 121 Å².